The number of nitrogens with one attached hydrogen (secondary N) is 3. The van der Waals surface area contributed by atoms with Crippen molar-refractivity contribution in [3.8, 4) is 0 Å². The number of anilines is 1. The molecule has 4 aliphatic rings. The number of nitrogens with zero attached hydrogens (tertiary/aromatic N) is 4. The molecule has 2 heterocycles. The minimum absolute atomic E-state index is 0.00945. The van der Waals surface area contributed by atoms with E-state index in [1.807, 2.05) is 18.9 Å². The number of amides is 3. The predicted octanol–water partition coefficient (Wildman–Crippen LogP) is 3.36. The molecule has 1 aromatic heterocycles. The second-order valence-corrected chi connectivity index (χ2v) is 15.2. The molecule has 3 saturated carbocycles. The molecule has 2 aromatic rings. The maximum absolute atomic E-state index is 15.9. The molecule has 272 valence electrons. The van der Waals surface area contributed by atoms with Crippen LogP contribution in [0.5, 0.6) is 0 Å². The van der Waals surface area contributed by atoms with E-state index >= 15 is 4.39 Å². The van der Waals surface area contributed by atoms with Gasteiger partial charge in [-0.3, -0.25) is 19.1 Å². The summed E-state index contributed by atoms with van der Waals surface area (Å²) in [6.45, 7) is 7.49. The van der Waals surface area contributed by atoms with Crippen LogP contribution in [0.15, 0.2) is 30.5 Å². The molecular formula is C37H52FN7O5. The Kier molecular flexibility index (Phi) is 10.8. The number of ether oxygens (including phenoxy) is 1. The first kappa shape index (κ1) is 36.1. The Labute approximate surface area is 293 Å². The zero-order valence-corrected chi connectivity index (χ0v) is 29.9. The van der Waals surface area contributed by atoms with Crippen molar-refractivity contribution in [2.24, 2.45) is 17.8 Å². The summed E-state index contributed by atoms with van der Waals surface area (Å²) < 4.78 is 23.0. The number of piperazine rings is 1. The molecule has 0 radical (unpaired) electrons. The molecule has 3 aliphatic carbocycles. The van der Waals surface area contributed by atoms with Crippen LogP contribution < -0.4 is 16.0 Å². The third kappa shape index (κ3) is 8.10. The highest BCUT2D eigenvalue weighted by molar-refractivity contribution is 6.01. The van der Waals surface area contributed by atoms with Gasteiger partial charge in [-0.05, 0) is 101 Å². The van der Waals surface area contributed by atoms with Crippen molar-refractivity contribution < 1.29 is 28.3 Å². The van der Waals surface area contributed by atoms with Crippen LogP contribution in [0.1, 0.15) is 87.3 Å². The minimum Gasteiger partial charge on any atom is -0.370 e. The van der Waals surface area contributed by atoms with Crippen LogP contribution in [0.2, 0.25) is 0 Å². The summed E-state index contributed by atoms with van der Waals surface area (Å²) in [4.78, 5) is 57.3. The molecule has 0 spiro atoms. The lowest BCUT2D eigenvalue weighted by molar-refractivity contribution is -0.137. The normalized spacial score (nSPS) is 22.8. The Morgan fingerprint density at radius 3 is 2.36 bits per heavy atom. The fourth-order valence-corrected chi connectivity index (χ4v) is 7.26. The highest BCUT2D eigenvalue weighted by atomic mass is 19.1. The van der Waals surface area contributed by atoms with Crippen LogP contribution >= 0.6 is 0 Å². The topological polar surface area (TPSA) is 138 Å². The van der Waals surface area contributed by atoms with Crippen molar-refractivity contribution in [1.82, 2.24) is 30.2 Å². The summed E-state index contributed by atoms with van der Waals surface area (Å²) in [5, 5.41) is 13.4. The maximum Gasteiger partial charge on any atom is 0.270 e. The fourth-order valence-electron chi connectivity index (χ4n) is 7.26. The second kappa shape index (κ2) is 14.9. The Balaban J connectivity index is 1.20. The van der Waals surface area contributed by atoms with Gasteiger partial charge in [-0.1, -0.05) is 13.0 Å². The third-order valence-electron chi connectivity index (χ3n) is 11.3. The number of aldehydes is 1. The number of carbonyl (C=O) groups is 4. The van der Waals surface area contributed by atoms with Gasteiger partial charge < -0.3 is 35.3 Å². The number of rotatable bonds is 16. The van der Waals surface area contributed by atoms with E-state index < -0.39 is 35.3 Å². The first-order valence-electron chi connectivity index (χ1n) is 18.1. The monoisotopic (exact) mass is 693 g/mol. The molecule has 4 fully saturated rings. The van der Waals surface area contributed by atoms with E-state index in [1.165, 1.54) is 19.2 Å². The van der Waals surface area contributed by atoms with Gasteiger partial charge in [0, 0.05) is 51.4 Å². The molecule has 3 amide bonds. The van der Waals surface area contributed by atoms with E-state index in [0.29, 0.717) is 42.5 Å². The molecule has 12 nitrogen and oxygen atoms in total. The van der Waals surface area contributed by atoms with E-state index in [1.54, 1.807) is 29.9 Å². The van der Waals surface area contributed by atoms with Gasteiger partial charge in [-0.2, -0.15) is 5.10 Å². The molecule has 50 heavy (non-hydrogen) atoms. The number of hydrogen-bond acceptors (Lipinski definition) is 8. The maximum atomic E-state index is 15.9. The van der Waals surface area contributed by atoms with Crippen LogP contribution in [0.4, 0.5) is 10.1 Å². The number of carbonyl (C=O) groups excluding carboxylic acids is 4. The minimum atomic E-state index is -1.14. The lowest BCUT2D eigenvalue weighted by Gasteiger charge is -2.40. The summed E-state index contributed by atoms with van der Waals surface area (Å²) in [6.07, 6.45) is 8.30. The number of hydrogen-bond donors (Lipinski definition) is 3. The highest BCUT2D eigenvalue weighted by Crippen LogP contribution is 2.51. The number of benzene rings is 1. The van der Waals surface area contributed by atoms with Gasteiger partial charge in [0.2, 0.25) is 11.8 Å². The molecule has 6 rings (SSSR count). The molecule has 1 unspecified atom stereocenters. The van der Waals surface area contributed by atoms with Gasteiger partial charge in [0.25, 0.3) is 5.91 Å². The molecule has 1 aliphatic heterocycles. The van der Waals surface area contributed by atoms with Crippen molar-refractivity contribution in [2.45, 2.75) is 95.0 Å². The van der Waals surface area contributed by atoms with Crippen LogP contribution in [0, 0.1) is 23.6 Å². The third-order valence-corrected chi connectivity index (χ3v) is 11.3. The van der Waals surface area contributed by atoms with Crippen LogP contribution in [-0.4, -0.2) is 108 Å². The van der Waals surface area contributed by atoms with Crippen LogP contribution in [0.3, 0.4) is 0 Å². The summed E-state index contributed by atoms with van der Waals surface area (Å²) in [6, 6.07) is 5.08. The Bertz CT molecular complexity index is 1560. The number of methoxy groups -OCH3 is 1. The first-order valence-corrected chi connectivity index (χ1v) is 18.1. The first-order chi connectivity index (χ1) is 23.9. The van der Waals surface area contributed by atoms with Gasteiger partial charge in [0.1, 0.15) is 23.2 Å². The highest BCUT2D eigenvalue weighted by Gasteiger charge is 2.49. The summed E-state index contributed by atoms with van der Waals surface area (Å²) >= 11 is 0. The van der Waals surface area contributed by atoms with E-state index in [0.717, 1.165) is 45.1 Å². The van der Waals surface area contributed by atoms with Gasteiger partial charge >= 0.3 is 0 Å². The van der Waals surface area contributed by atoms with Gasteiger partial charge in [-0.15, -0.1) is 0 Å². The summed E-state index contributed by atoms with van der Waals surface area (Å²) in [5.41, 5.74) is -0.140. The zero-order chi connectivity index (χ0) is 35.7. The molecule has 1 saturated heterocycles. The quantitative estimate of drug-likeness (QED) is 0.228. The average Bonchev–Trinajstić information content (AvgIpc) is 3.98. The molecular weight excluding hydrogens is 641 g/mol. The van der Waals surface area contributed by atoms with Crippen LogP contribution in [0.25, 0.3) is 0 Å². The Hall–Kier alpha value is -3.68. The zero-order valence-electron chi connectivity index (χ0n) is 29.9. The van der Waals surface area contributed by atoms with Crippen molar-refractivity contribution in [3.63, 3.8) is 0 Å². The number of halogens is 1. The molecule has 5 atom stereocenters. The second-order valence-electron chi connectivity index (χ2n) is 15.2. The lowest BCUT2D eigenvalue weighted by atomic mass is 9.88. The van der Waals surface area contributed by atoms with E-state index in [2.05, 4.69) is 32.9 Å². The lowest BCUT2D eigenvalue weighted by Crippen LogP contribution is -2.58. The smallest absolute Gasteiger partial charge is 0.270 e. The van der Waals surface area contributed by atoms with Gasteiger partial charge in [0.05, 0.1) is 17.8 Å². The number of likely N-dealkylation sites (N-methyl/N-ethyl adjacent to an activating group) is 1. The van der Waals surface area contributed by atoms with Crippen molar-refractivity contribution in [1.29, 1.82) is 0 Å². The fraction of sp³-hybridized carbons (Fsp3) is 0.649. The molecule has 13 heteroatoms. The standard InChI is InChI=1S/C37H52FN7O5/c1-22-19-44(17-16-43(22)4)36(49)32(39-20-37(3,21-46)50-5)23(2)26-10-13-29(28(38)18-26)41-35(48)33(31(24-6-7-24)25-8-9-25)42-34(47)30-14-15-40-45(30)27-11-12-27/h10,13-15,18,21-25,27,31-33,39H,6-9,11-12,16-17,19-20H2,1-5H3,(H,41,48)(H,42,47)/t22-,23+,32-,33+,37?/m1/s1. The molecule has 3 N–H and O–H groups in total. The van der Waals surface area contributed by atoms with Crippen molar-refractivity contribution in [2.75, 3.05) is 45.7 Å². The summed E-state index contributed by atoms with van der Waals surface area (Å²) in [7, 11) is 3.47. The summed E-state index contributed by atoms with van der Waals surface area (Å²) in [5.74, 6) is -1.35. The molecule has 0 bridgehead atoms. The van der Waals surface area contributed by atoms with E-state index in [4.69, 9.17) is 4.74 Å². The Morgan fingerprint density at radius 1 is 1.08 bits per heavy atom. The predicted molar refractivity (Wildman–Crippen MR) is 186 cm³/mol. The SMILES string of the molecule is COC(C)(C=O)CN[C@@H](C(=O)N1CCN(C)[C@H](C)C1)[C@@H](C)c1ccc(NC(=O)[C@@H](NC(=O)c2ccnn2C2CC2)C(C2CC2)C2CC2)c(F)c1. The van der Waals surface area contributed by atoms with E-state index in [9.17, 15) is 19.2 Å². The number of aromatic nitrogens is 2. The Morgan fingerprint density at radius 2 is 1.78 bits per heavy atom. The average molecular weight is 694 g/mol. The largest absolute Gasteiger partial charge is 0.370 e. The van der Waals surface area contributed by atoms with Crippen LogP contribution in [-0.2, 0) is 19.1 Å². The van der Waals surface area contributed by atoms with E-state index in [-0.39, 0.29) is 42.0 Å². The molecule has 1 aromatic carbocycles. The van der Waals surface area contributed by atoms with Crippen molar-refractivity contribution in [3.05, 3.63) is 47.5 Å². The van der Waals surface area contributed by atoms with Crippen molar-refractivity contribution >= 4 is 29.7 Å². The van der Waals surface area contributed by atoms with Gasteiger partial charge in [-0.25, -0.2) is 4.39 Å². The van der Waals surface area contributed by atoms with Gasteiger partial charge in [0.15, 0.2) is 6.29 Å².